The molecule has 2 saturated heterocycles. The molecule has 0 N–H and O–H groups in total. The molecule has 0 bridgehead atoms. The van der Waals surface area contributed by atoms with E-state index in [0.717, 1.165) is 39.1 Å². The van der Waals surface area contributed by atoms with E-state index in [1.165, 1.54) is 11.1 Å². The van der Waals surface area contributed by atoms with Crippen molar-refractivity contribution >= 4 is 11.8 Å². The number of nitrogens with zero attached hydrogens (tertiary/aromatic N) is 3. The number of benzene rings is 1. The van der Waals surface area contributed by atoms with Crippen LogP contribution in [0, 0.1) is 12.8 Å². The van der Waals surface area contributed by atoms with Crippen molar-refractivity contribution in [3.8, 4) is 0 Å². The summed E-state index contributed by atoms with van der Waals surface area (Å²) in [6, 6.07) is 8.60. The first-order valence-electron chi connectivity index (χ1n) is 8.83. The lowest BCUT2D eigenvalue weighted by atomic mass is 9.94. The Morgan fingerprint density at radius 1 is 1.17 bits per heavy atom. The number of rotatable bonds is 3. The molecule has 0 unspecified atom stereocenters. The van der Waals surface area contributed by atoms with Crippen LogP contribution < -0.4 is 0 Å². The van der Waals surface area contributed by atoms with Gasteiger partial charge in [0.25, 0.3) is 0 Å². The summed E-state index contributed by atoms with van der Waals surface area (Å²) in [6.45, 7) is 7.10. The average molecular weight is 329 g/mol. The lowest BCUT2D eigenvalue weighted by Crippen LogP contribution is -2.51. The van der Waals surface area contributed by atoms with Gasteiger partial charge in [0.1, 0.15) is 0 Å². The molecule has 1 atom stereocenters. The Hall–Kier alpha value is -1.88. The molecule has 2 fully saturated rings. The smallest absolute Gasteiger partial charge is 0.226 e. The van der Waals surface area contributed by atoms with Gasteiger partial charge in [-0.2, -0.15) is 0 Å². The van der Waals surface area contributed by atoms with Gasteiger partial charge in [0.05, 0.1) is 0 Å². The Balaban J connectivity index is 1.49. The van der Waals surface area contributed by atoms with Gasteiger partial charge in [-0.15, -0.1) is 0 Å². The molecule has 2 heterocycles. The van der Waals surface area contributed by atoms with Crippen molar-refractivity contribution in [2.45, 2.75) is 26.3 Å². The average Bonchev–Trinajstić information content (AvgIpc) is 2.57. The zero-order valence-corrected chi connectivity index (χ0v) is 14.7. The van der Waals surface area contributed by atoms with Crippen molar-refractivity contribution in [3.05, 3.63) is 35.4 Å². The predicted molar refractivity (Wildman–Crippen MR) is 93.4 cm³/mol. The van der Waals surface area contributed by atoms with Crippen molar-refractivity contribution in [2.75, 3.05) is 39.8 Å². The zero-order valence-electron chi connectivity index (χ0n) is 14.7. The van der Waals surface area contributed by atoms with E-state index in [9.17, 15) is 9.59 Å². The van der Waals surface area contributed by atoms with Crippen LogP contribution >= 0.6 is 0 Å². The van der Waals surface area contributed by atoms with Gasteiger partial charge >= 0.3 is 0 Å². The molecule has 2 amide bonds. The molecule has 0 aliphatic carbocycles. The number of hydrogen-bond acceptors (Lipinski definition) is 3. The number of amides is 2. The van der Waals surface area contributed by atoms with E-state index in [2.05, 4.69) is 36.1 Å². The highest BCUT2D eigenvalue weighted by Gasteiger charge is 2.32. The third-order valence-electron chi connectivity index (χ3n) is 5.18. The number of aryl methyl sites for hydroxylation is 1. The van der Waals surface area contributed by atoms with E-state index >= 15 is 0 Å². The summed E-state index contributed by atoms with van der Waals surface area (Å²) >= 11 is 0. The van der Waals surface area contributed by atoms with Crippen LogP contribution in [0.2, 0.25) is 0 Å². The Morgan fingerprint density at radius 3 is 2.58 bits per heavy atom. The van der Waals surface area contributed by atoms with Crippen LogP contribution in [0.1, 0.15) is 24.0 Å². The van der Waals surface area contributed by atoms with E-state index in [1.54, 1.807) is 4.90 Å². The maximum atomic E-state index is 12.7. The van der Waals surface area contributed by atoms with Gasteiger partial charge in [-0.3, -0.25) is 14.5 Å². The lowest BCUT2D eigenvalue weighted by Gasteiger charge is -2.38. The van der Waals surface area contributed by atoms with Gasteiger partial charge in [0.2, 0.25) is 11.8 Å². The summed E-state index contributed by atoms with van der Waals surface area (Å²) in [7, 11) is 1.81. The number of hydrogen-bond donors (Lipinski definition) is 0. The molecule has 0 saturated carbocycles. The molecule has 2 aliphatic rings. The minimum Gasteiger partial charge on any atom is -0.346 e. The first kappa shape index (κ1) is 17.0. The zero-order chi connectivity index (χ0) is 17.1. The second-order valence-electron chi connectivity index (χ2n) is 7.10. The summed E-state index contributed by atoms with van der Waals surface area (Å²) in [5.41, 5.74) is 2.61. The predicted octanol–water partition coefficient (Wildman–Crippen LogP) is 1.51. The molecule has 5 nitrogen and oxygen atoms in total. The summed E-state index contributed by atoms with van der Waals surface area (Å²) in [5.74, 6) is 0.154. The molecule has 2 aliphatic heterocycles. The normalized spacial score (nSPS) is 22.8. The second-order valence-corrected chi connectivity index (χ2v) is 7.10. The van der Waals surface area contributed by atoms with E-state index < -0.39 is 0 Å². The molecule has 0 radical (unpaired) electrons. The number of piperidine rings is 1. The monoisotopic (exact) mass is 329 g/mol. The third kappa shape index (κ3) is 3.96. The molecule has 5 heteroatoms. The van der Waals surface area contributed by atoms with Crippen molar-refractivity contribution in [1.82, 2.24) is 14.7 Å². The Kier molecular flexibility index (Phi) is 5.19. The first-order valence-corrected chi connectivity index (χ1v) is 8.83. The quantitative estimate of drug-likeness (QED) is 0.844. The standard InChI is InChI=1S/C19H27N3O2/c1-15-4-3-5-16(12-15)14-21-8-10-22(11-9-21)19(24)17-6-7-20(2)18(23)13-17/h3-5,12,17H,6-11,13-14H2,1-2H3/t17-/m0/s1. The largest absolute Gasteiger partial charge is 0.346 e. The molecular formula is C19H27N3O2. The molecule has 1 aromatic rings. The third-order valence-corrected chi connectivity index (χ3v) is 5.18. The van der Waals surface area contributed by atoms with Gasteiger partial charge < -0.3 is 9.80 Å². The minimum atomic E-state index is -0.114. The summed E-state index contributed by atoms with van der Waals surface area (Å²) in [6.07, 6.45) is 1.17. The highest BCUT2D eigenvalue weighted by molar-refractivity contribution is 5.87. The summed E-state index contributed by atoms with van der Waals surface area (Å²) in [4.78, 5) is 30.6. The molecular weight excluding hydrogens is 302 g/mol. The van der Waals surface area contributed by atoms with Crippen molar-refractivity contribution < 1.29 is 9.59 Å². The van der Waals surface area contributed by atoms with E-state index in [4.69, 9.17) is 0 Å². The maximum Gasteiger partial charge on any atom is 0.226 e. The van der Waals surface area contributed by atoms with E-state index in [0.29, 0.717) is 13.0 Å². The highest BCUT2D eigenvalue weighted by Crippen LogP contribution is 2.21. The van der Waals surface area contributed by atoms with Gasteiger partial charge in [-0.1, -0.05) is 29.8 Å². The Labute approximate surface area is 144 Å². The summed E-state index contributed by atoms with van der Waals surface area (Å²) in [5, 5.41) is 0. The van der Waals surface area contributed by atoms with Gasteiger partial charge in [-0.05, 0) is 18.9 Å². The molecule has 0 aromatic heterocycles. The number of piperazine rings is 1. The van der Waals surface area contributed by atoms with Crippen molar-refractivity contribution in [2.24, 2.45) is 5.92 Å². The van der Waals surface area contributed by atoms with Crippen molar-refractivity contribution in [3.63, 3.8) is 0 Å². The van der Waals surface area contributed by atoms with Crippen LogP contribution in [-0.4, -0.2) is 66.3 Å². The van der Waals surface area contributed by atoms with Gasteiger partial charge in [0.15, 0.2) is 0 Å². The first-order chi connectivity index (χ1) is 11.5. The fourth-order valence-corrected chi connectivity index (χ4v) is 3.61. The van der Waals surface area contributed by atoms with Crippen LogP contribution in [0.5, 0.6) is 0 Å². The molecule has 3 rings (SSSR count). The molecule has 24 heavy (non-hydrogen) atoms. The fourth-order valence-electron chi connectivity index (χ4n) is 3.61. The van der Waals surface area contributed by atoms with E-state index in [1.807, 2.05) is 11.9 Å². The van der Waals surface area contributed by atoms with Crippen LogP contribution in [0.15, 0.2) is 24.3 Å². The minimum absolute atomic E-state index is 0.0951. The van der Waals surface area contributed by atoms with Crippen LogP contribution in [0.3, 0.4) is 0 Å². The van der Waals surface area contributed by atoms with Gasteiger partial charge in [-0.25, -0.2) is 0 Å². The van der Waals surface area contributed by atoms with Crippen molar-refractivity contribution in [1.29, 1.82) is 0 Å². The maximum absolute atomic E-state index is 12.7. The highest BCUT2D eigenvalue weighted by atomic mass is 16.2. The Bertz CT molecular complexity index is 608. The number of likely N-dealkylation sites (tertiary alicyclic amines) is 1. The number of carbonyl (C=O) groups is 2. The van der Waals surface area contributed by atoms with Gasteiger partial charge in [0, 0.05) is 58.7 Å². The second kappa shape index (κ2) is 7.34. The molecule has 1 aromatic carbocycles. The molecule has 130 valence electrons. The number of carbonyl (C=O) groups excluding carboxylic acids is 2. The molecule has 0 spiro atoms. The van der Waals surface area contributed by atoms with Crippen LogP contribution in [0.4, 0.5) is 0 Å². The van der Waals surface area contributed by atoms with E-state index in [-0.39, 0.29) is 17.7 Å². The van der Waals surface area contributed by atoms with Crippen LogP contribution in [-0.2, 0) is 16.1 Å². The Morgan fingerprint density at radius 2 is 1.92 bits per heavy atom. The summed E-state index contributed by atoms with van der Waals surface area (Å²) < 4.78 is 0. The SMILES string of the molecule is Cc1cccc(CN2CCN(C(=O)[C@H]3CCN(C)C(=O)C3)CC2)c1. The topological polar surface area (TPSA) is 43.9 Å². The van der Waals surface area contributed by atoms with Crippen LogP contribution in [0.25, 0.3) is 0 Å². The fraction of sp³-hybridized carbons (Fsp3) is 0.579. The lowest BCUT2D eigenvalue weighted by molar-refractivity contribution is -0.145.